The average molecular weight is 420 g/mol. The van der Waals surface area contributed by atoms with Crippen LogP contribution in [0.3, 0.4) is 0 Å². The Morgan fingerprint density at radius 3 is 1.97 bits per heavy atom. The van der Waals surface area contributed by atoms with Gasteiger partial charge in [-0.05, 0) is 65.2 Å². The Hall–Kier alpha value is -3.32. The van der Waals surface area contributed by atoms with Gasteiger partial charge in [-0.2, -0.15) is 5.26 Å². The van der Waals surface area contributed by atoms with Gasteiger partial charge in [0.1, 0.15) is 5.75 Å². The van der Waals surface area contributed by atoms with E-state index in [-0.39, 0.29) is 0 Å². The van der Waals surface area contributed by atoms with Crippen molar-refractivity contribution in [3.63, 3.8) is 0 Å². The zero-order chi connectivity index (χ0) is 20.6. The Kier molecular flexibility index (Phi) is 6.86. The monoisotopic (exact) mass is 419 g/mol. The number of allylic oxidation sites excluding steroid dienone is 1. The third kappa shape index (κ3) is 6.08. The highest BCUT2D eigenvalue weighted by molar-refractivity contribution is 6.30. The van der Waals surface area contributed by atoms with Crippen molar-refractivity contribution >= 4 is 46.9 Å². The summed E-state index contributed by atoms with van der Waals surface area (Å²) in [6.07, 6.45) is 4.77. The lowest BCUT2D eigenvalue weighted by Gasteiger charge is -2.03. The maximum absolute atomic E-state index is 12.0. The molecule has 0 spiro atoms. The third-order valence-electron chi connectivity index (χ3n) is 3.97. The fourth-order valence-electron chi connectivity index (χ4n) is 2.50. The number of hydrogen-bond donors (Lipinski definition) is 0. The first-order chi connectivity index (χ1) is 14.0. The molecule has 3 rings (SSSR count). The van der Waals surface area contributed by atoms with E-state index in [9.17, 15) is 10.1 Å². The van der Waals surface area contributed by atoms with Crippen molar-refractivity contribution in [2.75, 3.05) is 0 Å². The second-order valence-electron chi connectivity index (χ2n) is 6.05. The van der Waals surface area contributed by atoms with Gasteiger partial charge in [0, 0.05) is 16.1 Å². The van der Waals surface area contributed by atoms with Gasteiger partial charge in [0.05, 0.1) is 11.6 Å². The van der Waals surface area contributed by atoms with Crippen LogP contribution in [0.4, 0.5) is 0 Å². The Bertz CT molecular complexity index is 1090. The minimum atomic E-state index is -0.484. The summed E-state index contributed by atoms with van der Waals surface area (Å²) in [4.78, 5) is 12.0. The van der Waals surface area contributed by atoms with Crippen molar-refractivity contribution in [1.82, 2.24) is 0 Å². The van der Waals surface area contributed by atoms with Crippen LogP contribution in [0.25, 0.3) is 17.7 Å². The predicted octanol–water partition coefficient (Wildman–Crippen LogP) is 6.68. The lowest BCUT2D eigenvalue weighted by atomic mass is 10.0. The fourth-order valence-corrected chi connectivity index (χ4v) is 2.75. The van der Waals surface area contributed by atoms with Crippen LogP contribution in [0.15, 0.2) is 78.9 Å². The smallest absolute Gasteiger partial charge is 0.336 e. The Labute approximate surface area is 179 Å². The van der Waals surface area contributed by atoms with E-state index in [1.807, 2.05) is 0 Å². The molecular formula is C24H15Cl2NO2. The molecule has 0 N–H and O–H groups in total. The molecule has 0 fully saturated rings. The average Bonchev–Trinajstić information content (AvgIpc) is 2.73. The van der Waals surface area contributed by atoms with Crippen LogP contribution in [-0.2, 0) is 4.79 Å². The Balaban J connectivity index is 1.66. The standard InChI is InChI=1S/C24H15Cl2NO2/c25-21-8-1-17(2-9-21)5-14-24(28)29-23-12-3-18(4-13-23)15-20(16-27)19-6-10-22(26)11-7-19/h1-15H/b14-5+,20-15-. The van der Waals surface area contributed by atoms with Gasteiger partial charge in [-0.15, -0.1) is 0 Å². The number of carbonyl (C=O) groups is 1. The molecule has 0 bridgehead atoms. The summed E-state index contributed by atoms with van der Waals surface area (Å²) in [5.41, 5.74) is 2.95. The van der Waals surface area contributed by atoms with Gasteiger partial charge < -0.3 is 4.74 Å². The van der Waals surface area contributed by atoms with Gasteiger partial charge in [0.25, 0.3) is 0 Å². The molecule has 0 aliphatic heterocycles. The highest BCUT2D eigenvalue weighted by Gasteiger charge is 2.03. The van der Waals surface area contributed by atoms with E-state index in [0.29, 0.717) is 21.4 Å². The molecule has 142 valence electrons. The summed E-state index contributed by atoms with van der Waals surface area (Å²) in [6.45, 7) is 0. The number of carbonyl (C=O) groups excluding carboxylic acids is 1. The number of hydrogen-bond acceptors (Lipinski definition) is 3. The predicted molar refractivity (Wildman–Crippen MR) is 117 cm³/mol. The van der Waals surface area contributed by atoms with Crippen LogP contribution in [-0.4, -0.2) is 5.97 Å². The van der Waals surface area contributed by atoms with E-state index in [2.05, 4.69) is 6.07 Å². The van der Waals surface area contributed by atoms with Gasteiger partial charge >= 0.3 is 5.97 Å². The van der Waals surface area contributed by atoms with Crippen molar-refractivity contribution in [3.05, 3.63) is 106 Å². The van der Waals surface area contributed by atoms with E-state index in [0.717, 1.165) is 16.7 Å². The number of ether oxygens (including phenoxy) is 1. The topological polar surface area (TPSA) is 50.1 Å². The molecule has 0 aliphatic carbocycles. The van der Waals surface area contributed by atoms with Crippen molar-refractivity contribution in [2.45, 2.75) is 0 Å². The van der Waals surface area contributed by atoms with Crippen LogP contribution < -0.4 is 4.74 Å². The van der Waals surface area contributed by atoms with Crippen LogP contribution >= 0.6 is 23.2 Å². The van der Waals surface area contributed by atoms with Gasteiger partial charge in [-0.1, -0.05) is 59.6 Å². The second-order valence-corrected chi connectivity index (χ2v) is 6.92. The molecule has 0 saturated heterocycles. The number of nitrogens with zero attached hydrogens (tertiary/aromatic N) is 1. The zero-order valence-corrected chi connectivity index (χ0v) is 16.7. The molecule has 0 radical (unpaired) electrons. The molecule has 3 aromatic rings. The largest absolute Gasteiger partial charge is 0.423 e. The molecule has 0 saturated carbocycles. The molecule has 3 nitrogen and oxygen atoms in total. The van der Waals surface area contributed by atoms with Gasteiger partial charge in [0.15, 0.2) is 0 Å². The molecule has 0 heterocycles. The van der Waals surface area contributed by atoms with Crippen molar-refractivity contribution in [3.8, 4) is 11.8 Å². The van der Waals surface area contributed by atoms with Crippen LogP contribution in [0, 0.1) is 11.3 Å². The van der Waals surface area contributed by atoms with Gasteiger partial charge in [0.2, 0.25) is 0 Å². The second kappa shape index (κ2) is 9.75. The SMILES string of the molecule is N#C/C(=C/c1ccc(OC(=O)/C=C/c2ccc(Cl)cc2)cc1)c1ccc(Cl)cc1. The van der Waals surface area contributed by atoms with E-state index >= 15 is 0 Å². The molecule has 0 atom stereocenters. The quantitative estimate of drug-likeness (QED) is 0.152. The number of benzene rings is 3. The number of esters is 1. The summed E-state index contributed by atoms with van der Waals surface area (Å²) < 4.78 is 5.29. The van der Waals surface area contributed by atoms with Gasteiger partial charge in [-0.25, -0.2) is 4.79 Å². The fraction of sp³-hybridized carbons (Fsp3) is 0. The first-order valence-electron chi connectivity index (χ1n) is 8.67. The van der Waals surface area contributed by atoms with Crippen molar-refractivity contribution < 1.29 is 9.53 Å². The summed E-state index contributed by atoms with van der Waals surface area (Å²) in [5, 5.41) is 10.7. The Morgan fingerprint density at radius 2 is 1.38 bits per heavy atom. The Morgan fingerprint density at radius 1 is 0.828 bits per heavy atom. The van der Waals surface area contributed by atoms with E-state index in [4.69, 9.17) is 27.9 Å². The van der Waals surface area contributed by atoms with E-state index in [1.54, 1.807) is 84.9 Å². The van der Waals surface area contributed by atoms with Crippen molar-refractivity contribution in [1.29, 1.82) is 5.26 Å². The first kappa shape index (κ1) is 20.4. The van der Waals surface area contributed by atoms with Crippen LogP contribution in [0.1, 0.15) is 16.7 Å². The maximum atomic E-state index is 12.0. The zero-order valence-electron chi connectivity index (χ0n) is 15.2. The number of halogens is 2. The molecule has 0 unspecified atom stereocenters. The van der Waals surface area contributed by atoms with Crippen molar-refractivity contribution in [2.24, 2.45) is 0 Å². The molecule has 5 heteroatoms. The molecular weight excluding hydrogens is 405 g/mol. The minimum Gasteiger partial charge on any atom is -0.423 e. The molecule has 0 amide bonds. The normalized spacial score (nSPS) is 11.3. The third-order valence-corrected chi connectivity index (χ3v) is 4.47. The van der Waals surface area contributed by atoms with Crippen LogP contribution in [0.5, 0.6) is 5.75 Å². The van der Waals surface area contributed by atoms with E-state index in [1.165, 1.54) is 6.08 Å². The minimum absolute atomic E-state index is 0.415. The molecule has 0 aliphatic rings. The molecule has 29 heavy (non-hydrogen) atoms. The number of rotatable bonds is 5. The molecule has 0 aromatic heterocycles. The highest BCUT2D eigenvalue weighted by atomic mass is 35.5. The van der Waals surface area contributed by atoms with E-state index < -0.39 is 5.97 Å². The first-order valence-corrected chi connectivity index (χ1v) is 9.42. The lowest BCUT2D eigenvalue weighted by Crippen LogP contribution is -2.03. The highest BCUT2D eigenvalue weighted by Crippen LogP contribution is 2.21. The summed E-state index contributed by atoms with van der Waals surface area (Å²) in [7, 11) is 0. The summed E-state index contributed by atoms with van der Waals surface area (Å²) in [5.74, 6) is -0.0694. The number of nitriles is 1. The van der Waals surface area contributed by atoms with Crippen LogP contribution in [0.2, 0.25) is 10.0 Å². The van der Waals surface area contributed by atoms with Gasteiger partial charge in [-0.3, -0.25) is 0 Å². The lowest BCUT2D eigenvalue weighted by molar-refractivity contribution is -0.128. The maximum Gasteiger partial charge on any atom is 0.336 e. The summed E-state index contributed by atoms with van der Waals surface area (Å²) in [6, 6.07) is 23.3. The summed E-state index contributed by atoms with van der Waals surface area (Å²) >= 11 is 11.7. The molecule has 3 aromatic carbocycles.